The van der Waals surface area contributed by atoms with Crippen molar-refractivity contribution in [1.29, 1.82) is 0 Å². The van der Waals surface area contributed by atoms with E-state index in [4.69, 9.17) is 5.73 Å². The van der Waals surface area contributed by atoms with Crippen molar-refractivity contribution >= 4 is 5.91 Å². The zero-order valence-electron chi connectivity index (χ0n) is 16.1. The number of primary amides is 1. The average Bonchev–Trinajstić information content (AvgIpc) is 2.82. The molecule has 2 unspecified atom stereocenters. The molecule has 1 saturated heterocycles. The van der Waals surface area contributed by atoms with Crippen molar-refractivity contribution in [1.82, 2.24) is 4.90 Å². The Morgan fingerprint density at radius 2 is 1.81 bits per heavy atom. The molecule has 1 aromatic rings. The van der Waals surface area contributed by atoms with Crippen LogP contribution >= 0.6 is 0 Å². The number of amides is 1. The molecule has 0 spiro atoms. The van der Waals surface area contributed by atoms with Crippen LogP contribution in [0.15, 0.2) is 24.3 Å². The Morgan fingerprint density at radius 1 is 1.15 bits per heavy atom. The van der Waals surface area contributed by atoms with Crippen LogP contribution in [0.1, 0.15) is 74.2 Å². The molecule has 1 amide bonds. The average molecular weight is 359 g/mol. The van der Waals surface area contributed by atoms with E-state index in [0.717, 1.165) is 38.0 Å². The number of rotatable bonds is 9. The van der Waals surface area contributed by atoms with Crippen molar-refractivity contribution < 1.29 is 9.90 Å². The van der Waals surface area contributed by atoms with Gasteiger partial charge >= 0.3 is 0 Å². The Balaban J connectivity index is 1.59. The van der Waals surface area contributed by atoms with Gasteiger partial charge in [-0.05, 0) is 43.5 Å². The molecule has 2 bridgehead atoms. The predicted octanol–water partition coefficient (Wildman–Crippen LogP) is 3.68. The van der Waals surface area contributed by atoms with Gasteiger partial charge in [0.2, 0.25) is 5.91 Å². The second-order valence-electron chi connectivity index (χ2n) is 8.27. The first kappa shape index (κ1) is 19.4. The van der Waals surface area contributed by atoms with E-state index in [9.17, 15) is 9.90 Å². The zero-order valence-corrected chi connectivity index (χ0v) is 16.1. The third kappa shape index (κ3) is 3.96. The second-order valence-corrected chi connectivity index (χ2v) is 8.27. The maximum absolute atomic E-state index is 11.6. The lowest BCUT2D eigenvalue weighted by Crippen LogP contribution is -2.52. The standard InChI is InChI=1S/C22H34N2O2/c1-2-3-4-5-6-7-13-24-15-19-11-12-20(16-24)22(19,26)18-10-8-9-17(14-18)21(23)25/h8-10,14,19-20,26H,2-7,11-13,15-16H2,1H3,(H2,23,25). The number of carbonyl (C=O) groups excluding carboxylic acids is 1. The smallest absolute Gasteiger partial charge is 0.248 e. The summed E-state index contributed by atoms with van der Waals surface area (Å²) in [5, 5.41) is 11.6. The predicted molar refractivity (Wildman–Crippen MR) is 105 cm³/mol. The fraction of sp³-hybridized carbons (Fsp3) is 0.682. The van der Waals surface area contributed by atoms with Gasteiger partial charge in [-0.1, -0.05) is 51.2 Å². The Hall–Kier alpha value is -1.39. The minimum Gasteiger partial charge on any atom is -0.384 e. The molecule has 1 saturated carbocycles. The quantitative estimate of drug-likeness (QED) is 0.662. The van der Waals surface area contributed by atoms with Gasteiger partial charge in [-0.3, -0.25) is 4.79 Å². The molecule has 2 atom stereocenters. The number of carbonyl (C=O) groups is 1. The van der Waals surface area contributed by atoms with Crippen molar-refractivity contribution in [3.8, 4) is 0 Å². The first-order valence-electron chi connectivity index (χ1n) is 10.4. The lowest BCUT2D eigenvalue weighted by molar-refractivity contribution is -0.0898. The van der Waals surface area contributed by atoms with Crippen molar-refractivity contribution in [2.75, 3.05) is 19.6 Å². The number of piperidine rings is 1. The topological polar surface area (TPSA) is 66.6 Å². The number of nitrogens with zero attached hydrogens (tertiary/aromatic N) is 1. The van der Waals surface area contributed by atoms with Gasteiger partial charge in [-0.15, -0.1) is 0 Å². The van der Waals surface area contributed by atoms with Gasteiger partial charge in [-0.2, -0.15) is 0 Å². The van der Waals surface area contributed by atoms with Gasteiger partial charge in [-0.25, -0.2) is 0 Å². The van der Waals surface area contributed by atoms with E-state index in [-0.39, 0.29) is 11.8 Å². The monoisotopic (exact) mass is 358 g/mol. The first-order valence-corrected chi connectivity index (χ1v) is 10.4. The summed E-state index contributed by atoms with van der Waals surface area (Å²) in [7, 11) is 0. The summed E-state index contributed by atoms with van der Waals surface area (Å²) in [4.78, 5) is 14.1. The SMILES string of the molecule is CCCCCCCCN1CC2CCC(C1)C2(O)c1cccc(C(N)=O)c1. The second kappa shape index (κ2) is 8.53. The minimum atomic E-state index is -0.802. The van der Waals surface area contributed by atoms with Gasteiger partial charge in [0.25, 0.3) is 0 Å². The van der Waals surface area contributed by atoms with E-state index in [1.165, 1.54) is 38.5 Å². The number of hydrogen-bond donors (Lipinski definition) is 2. The third-order valence-corrected chi connectivity index (χ3v) is 6.50. The molecule has 4 heteroatoms. The van der Waals surface area contributed by atoms with E-state index < -0.39 is 11.5 Å². The Bertz CT molecular complexity index is 602. The number of unbranched alkanes of at least 4 members (excludes halogenated alkanes) is 5. The number of nitrogens with two attached hydrogens (primary N) is 1. The molecular formula is C22H34N2O2. The summed E-state index contributed by atoms with van der Waals surface area (Å²) in [6.45, 7) is 5.33. The van der Waals surface area contributed by atoms with Gasteiger partial charge in [0, 0.05) is 30.5 Å². The van der Waals surface area contributed by atoms with Crippen LogP contribution in [-0.2, 0) is 5.60 Å². The summed E-state index contributed by atoms with van der Waals surface area (Å²) in [6.07, 6.45) is 10.1. The molecule has 1 aliphatic carbocycles. The summed E-state index contributed by atoms with van der Waals surface area (Å²) in [5.41, 5.74) is 6.00. The van der Waals surface area contributed by atoms with E-state index in [2.05, 4.69) is 11.8 Å². The van der Waals surface area contributed by atoms with E-state index in [0.29, 0.717) is 5.56 Å². The van der Waals surface area contributed by atoms with Crippen molar-refractivity contribution in [3.63, 3.8) is 0 Å². The van der Waals surface area contributed by atoms with E-state index >= 15 is 0 Å². The molecule has 3 N–H and O–H groups in total. The van der Waals surface area contributed by atoms with Gasteiger partial charge in [0.05, 0.1) is 5.60 Å². The summed E-state index contributed by atoms with van der Waals surface area (Å²) >= 11 is 0. The molecule has 2 fully saturated rings. The highest BCUT2D eigenvalue weighted by Crippen LogP contribution is 2.51. The van der Waals surface area contributed by atoms with Crippen molar-refractivity contribution in [2.24, 2.45) is 17.6 Å². The molecule has 1 heterocycles. The first-order chi connectivity index (χ1) is 12.6. The number of hydrogen-bond acceptors (Lipinski definition) is 3. The van der Waals surface area contributed by atoms with Crippen LogP contribution in [0.25, 0.3) is 0 Å². The van der Waals surface area contributed by atoms with Gasteiger partial charge < -0.3 is 15.7 Å². The molecule has 1 aliphatic heterocycles. The maximum atomic E-state index is 11.6. The molecule has 144 valence electrons. The number of likely N-dealkylation sites (tertiary alicyclic amines) is 1. The molecule has 0 aromatic heterocycles. The van der Waals surface area contributed by atoms with Gasteiger partial charge in [0.1, 0.15) is 0 Å². The highest BCUT2D eigenvalue weighted by molar-refractivity contribution is 5.92. The van der Waals surface area contributed by atoms with Crippen LogP contribution in [0.5, 0.6) is 0 Å². The van der Waals surface area contributed by atoms with Crippen molar-refractivity contribution in [2.45, 2.75) is 63.9 Å². The highest BCUT2D eigenvalue weighted by atomic mass is 16.3. The molecule has 3 rings (SSSR count). The Labute approximate surface area is 157 Å². The van der Waals surface area contributed by atoms with Crippen LogP contribution in [0, 0.1) is 11.8 Å². The van der Waals surface area contributed by atoms with Crippen LogP contribution in [-0.4, -0.2) is 35.5 Å². The third-order valence-electron chi connectivity index (χ3n) is 6.50. The summed E-state index contributed by atoms with van der Waals surface area (Å²) in [5.74, 6) is 0.0808. The van der Waals surface area contributed by atoms with Crippen LogP contribution < -0.4 is 5.73 Å². The lowest BCUT2D eigenvalue weighted by atomic mass is 9.75. The molecule has 2 aliphatic rings. The highest BCUT2D eigenvalue weighted by Gasteiger charge is 2.53. The summed E-state index contributed by atoms with van der Waals surface area (Å²) in [6, 6.07) is 7.33. The van der Waals surface area contributed by atoms with E-state index in [1.54, 1.807) is 12.1 Å². The van der Waals surface area contributed by atoms with Crippen LogP contribution in [0.2, 0.25) is 0 Å². The minimum absolute atomic E-state index is 0.254. The molecular weight excluding hydrogens is 324 g/mol. The van der Waals surface area contributed by atoms with Crippen LogP contribution in [0.3, 0.4) is 0 Å². The fourth-order valence-corrected chi connectivity index (χ4v) is 5.03. The normalized spacial score (nSPS) is 28.4. The van der Waals surface area contributed by atoms with Gasteiger partial charge in [0.15, 0.2) is 0 Å². The zero-order chi connectivity index (χ0) is 18.6. The molecule has 4 nitrogen and oxygen atoms in total. The fourth-order valence-electron chi connectivity index (χ4n) is 5.03. The number of aliphatic hydroxyl groups is 1. The molecule has 26 heavy (non-hydrogen) atoms. The largest absolute Gasteiger partial charge is 0.384 e. The number of fused-ring (bicyclic) bond motifs is 2. The van der Waals surface area contributed by atoms with E-state index in [1.807, 2.05) is 12.1 Å². The van der Waals surface area contributed by atoms with Crippen LogP contribution in [0.4, 0.5) is 0 Å². The number of benzene rings is 1. The molecule has 0 radical (unpaired) electrons. The summed E-state index contributed by atoms with van der Waals surface area (Å²) < 4.78 is 0. The Morgan fingerprint density at radius 3 is 2.46 bits per heavy atom. The molecule has 1 aromatic carbocycles. The lowest BCUT2D eigenvalue weighted by Gasteiger charge is -2.45. The Kier molecular flexibility index (Phi) is 6.36. The maximum Gasteiger partial charge on any atom is 0.248 e. The van der Waals surface area contributed by atoms with Crippen molar-refractivity contribution in [3.05, 3.63) is 35.4 Å².